The van der Waals surface area contributed by atoms with Crippen LogP contribution in [0.15, 0.2) is 47.7 Å². The highest BCUT2D eigenvalue weighted by Crippen LogP contribution is 2.18. The van der Waals surface area contributed by atoms with E-state index in [9.17, 15) is 0 Å². The number of methoxy groups -OCH3 is 1. The molecule has 2 aromatic rings. The summed E-state index contributed by atoms with van der Waals surface area (Å²) in [5.74, 6) is 2.43. The minimum atomic E-state index is -0.0251. The van der Waals surface area contributed by atoms with E-state index in [1.54, 1.807) is 13.3 Å². The fourth-order valence-electron chi connectivity index (χ4n) is 2.37. The third-order valence-corrected chi connectivity index (χ3v) is 3.66. The zero-order valence-electron chi connectivity index (χ0n) is 15.8. The van der Waals surface area contributed by atoms with Gasteiger partial charge in [0, 0.05) is 32.0 Å². The van der Waals surface area contributed by atoms with E-state index in [-0.39, 0.29) is 6.10 Å². The first-order valence-electron chi connectivity index (χ1n) is 9.01. The van der Waals surface area contributed by atoms with Crippen LogP contribution in [0.1, 0.15) is 20.3 Å². The number of aliphatic imine (C=N–C) groups is 1. The molecule has 0 aliphatic rings. The third-order valence-electron chi connectivity index (χ3n) is 3.66. The Balaban J connectivity index is 1.74. The molecule has 0 aliphatic heterocycles. The second-order valence-corrected chi connectivity index (χ2v) is 5.87. The fourth-order valence-corrected chi connectivity index (χ4v) is 2.37. The van der Waals surface area contributed by atoms with Crippen molar-refractivity contribution in [3.63, 3.8) is 0 Å². The Labute approximate surface area is 155 Å². The summed E-state index contributed by atoms with van der Waals surface area (Å²) in [6.45, 7) is 7.17. The van der Waals surface area contributed by atoms with Crippen LogP contribution in [0.3, 0.4) is 0 Å². The van der Waals surface area contributed by atoms with E-state index in [1.807, 2.05) is 48.1 Å². The molecule has 0 amide bonds. The molecular weight excluding hydrogens is 330 g/mol. The number of hydrogen-bond donors (Lipinski definition) is 2. The molecule has 0 aliphatic carbocycles. The average molecular weight is 359 g/mol. The topological polar surface area (TPSA) is 72.7 Å². The van der Waals surface area contributed by atoms with Gasteiger partial charge in [-0.25, -0.2) is 4.99 Å². The molecule has 0 bridgehead atoms. The lowest BCUT2D eigenvalue weighted by Gasteiger charge is -2.15. The monoisotopic (exact) mass is 359 g/mol. The Morgan fingerprint density at radius 1 is 1.23 bits per heavy atom. The van der Waals surface area contributed by atoms with Crippen molar-refractivity contribution >= 4 is 5.96 Å². The van der Waals surface area contributed by atoms with Crippen LogP contribution in [-0.4, -0.2) is 48.6 Å². The molecule has 7 nitrogen and oxygen atoms in total. The molecule has 1 unspecified atom stereocenters. The van der Waals surface area contributed by atoms with Gasteiger partial charge in [0.1, 0.15) is 17.6 Å². The second-order valence-electron chi connectivity index (χ2n) is 5.87. The minimum Gasteiger partial charge on any atom is -0.497 e. The van der Waals surface area contributed by atoms with Gasteiger partial charge in [0.05, 0.1) is 13.7 Å². The van der Waals surface area contributed by atoms with Gasteiger partial charge < -0.3 is 20.1 Å². The molecular formula is C19H29N5O2. The van der Waals surface area contributed by atoms with E-state index in [0.717, 1.165) is 43.5 Å². The summed E-state index contributed by atoms with van der Waals surface area (Å²) in [4.78, 5) is 4.60. The van der Waals surface area contributed by atoms with Crippen LogP contribution in [0, 0.1) is 0 Å². The van der Waals surface area contributed by atoms with Crippen LogP contribution in [0.25, 0.3) is 0 Å². The van der Waals surface area contributed by atoms with Gasteiger partial charge in [-0.1, -0.05) is 0 Å². The molecule has 0 spiro atoms. The van der Waals surface area contributed by atoms with Crippen molar-refractivity contribution in [1.29, 1.82) is 0 Å². The Hall–Kier alpha value is -2.70. The van der Waals surface area contributed by atoms with Crippen LogP contribution in [0.5, 0.6) is 11.5 Å². The maximum atomic E-state index is 5.89. The Morgan fingerprint density at radius 3 is 2.65 bits per heavy atom. The first-order valence-corrected chi connectivity index (χ1v) is 9.01. The Kier molecular flexibility index (Phi) is 8.32. The zero-order chi connectivity index (χ0) is 18.6. The maximum absolute atomic E-state index is 5.89. The van der Waals surface area contributed by atoms with Crippen molar-refractivity contribution in [2.45, 2.75) is 32.9 Å². The summed E-state index contributed by atoms with van der Waals surface area (Å²) in [5, 5.41) is 10.8. The van der Waals surface area contributed by atoms with Crippen LogP contribution < -0.4 is 20.1 Å². The normalized spacial score (nSPS) is 12.5. The largest absolute Gasteiger partial charge is 0.497 e. The quantitative estimate of drug-likeness (QED) is 0.387. The van der Waals surface area contributed by atoms with E-state index in [4.69, 9.17) is 9.47 Å². The lowest BCUT2D eigenvalue weighted by atomic mass is 10.3. The van der Waals surface area contributed by atoms with Crippen LogP contribution in [-0.2, 0) is 6.54 Å². The van der Waals surface area contributed by atoms with E-state index >= 15 is 0 Å². The van der Waals surface area contributed by atoms with Crippen LogP contribution >= 0.6 is 0 Å². The molecule has 2 rings (SSSR count). The molecule has 1 aromatic carbocycles. The van der Waals surface area contributed by atoms with Gasteiger partial charge in [-0.05, 0) is 50.6 Å². The number of aromatic nitrogens is 2. The van der Waals surface area contributed by atoms with E-state index < -0.39 is 0 Å². The minimum absolute atomic E-state index is 0.0251. The highest BCUT2D eigenvalue weighted by molar-refractivity contribution is 5.79. The molecule has 1 atom stereocenters. The molecule has 2 N–H and O–H groups in total. The number of ether oxygens (including phenoxy) is 2. The third kappa shape index (κ3) is 7.04. The van der Waals surface area contributed by atoms with Crippen molar-refractivity contribution in [2.75, 3.05) is 26.7 Å². The van der Waals surface area contributed by atoms with Gasteiger partial charge in [-0.15, -0.1) is 0 Å². The number of benzene rings is 1. The van der Waals surface area contributed by atoms with Crippen molar-refractivity contribution in [3.05, 3.63) is 42.7 Å². The van der Waals surface area contributed by atoms with Gasteiger partial charge in [-0.2, -0.15) is 5.10 Å². The molecule has 1 heterocycles. The van der Waals surface area contributed by atoms with E-state index in [1.165, 1.54) is 0 Å². The maximum Gasteiger partial charge on any atom is 0.191 e. The molecule has 0 saturated carbocycles. The summed E-state index contributed by atoms with van der Waals surface area (Å²) >= 11 is 0. The highest BCUT2D eigenvalue weighted by atomic mass is 16.5. The summed E-state index contributed by atoms with van der Waals surface area (Å²) in [6, 6.07) is 9.51. The van der Waals surface area contributed by atoms with Gasteiger partial charge in [-0.3, -0.25) is 4.68 Å². The van der Waals surface area contributed by atoms with E-state index in [0.29, 0.717) is 6.54 Å². The number of hydrogen-bond acceptors (Lipinski definition) is 4. The van der Waals surface area contributed by atoms with E-state index in [2.05, 4.69) is 27.6 Å². The van der Waals surface area contributed by atoms with Gasteiger partial charge >= 0.3 is 0 Å². The van der Waals surface area contributed by atoms with Gasteiger partial charge in [0.25, 0.3) is 0 Å². The van der Waals surface area contributed by atoms with Crippen molar-refractivity contribution in [3.8, 4) is 11.5 Å². The predicted molar refractivity (Wildman–Crippen MR) is 104 cm³/mol. The SMILES string of the molecule is CCNC(=NCC(C)Oc1ccc(OC)cc1)NCCCn1cccn1. The molecule has 142 valence electrons. The van der Waals surface area contributed by atoms with Crippen molar-refractivity contribution in [2.24, 2.45) is 4.99 Å². The lowest BCUT2D eigenvalue weighted by Crippen LogP contribution is -2.38. The number of nitrogens with zero attached hydrogens (tertiary/aromatic N) is 3. The van der Waals surface area contributed by atoms with Crippen molar-refractivity contribution < 1.29 is 9.47 Å². The molecule has 0 saturated heterocycles. The Morgan fingerprint density at radius 2 is 2.00 bits per heavy atom. The lowest BCUT2D eigenvalue weighted by molar-refractivity contribution is 0.230. The van der Waals surface area contributed by atoms with Gasteiger partial charge in [0.15, 0.2) is 5.96 Å². The smallest absolute Gasteiger partial charge is 0.191 e. The Bertz CT molecular complexity index is 640. The number of aryl methyl sites for hydroxylation is 1. The van der Waals surface area contributed by atoms with Gasteiger partial charge in [0.2, 0.25) is 0 Å². The molecule has 26 heavy (non-hydrogen) atoms. The summed E-state index contributed by atoms with van der Waals surface area (Å²) in [7, 11) is 1.65. The standard InChI is InChI=1S/C19H29N5O2/c1-4-20-19(21-11-5-13-24-14-6-12-23-24)22-15-16(2)26-18-9-7-17(25-3)8-10-18/h6-10,12,14,16H,4-5,11,13,15H2,1-3H3,(H2,20,21,22). The second kappa shape index (κ2) is 11.0. The predicted octanol–water partition coefficient (Wildman–Crippen LogP) is 2.30. The molecule has 0 radical (unpaired) electrons. The number of rotatable bonds is 10. The summed E-state index contributed by atoms with van der Waals surface area (Å²) in [6.07, 6.45) is 4.72. The average Bonchev–Trinajstić information content (AvgIpc) is 3.17. The first-order chi connectivity index (χ1) is 12.7. The van der Waals surface area contributed by atoms with Crippen LogP contribution in [0.4, 0.5) is 0 Å². The summed E-state index contributed by atoms with van der Waals surface area (Å²) < 4.78 is 13.0. The van der Waals surface area contributed by atoms with Crippen LogP contribution in [0.2, 0.25) is 0 Å². The fraction of sp³-hybridized carbons (Fsp3) is 0.474. The zero-order valence-corrected chi connectivity index (χ0v) is 15.8. The highest BCUT2D eigenvalue weighted by Gasteiger charge is 2.05. The molecule has 7 heteroatoms. The number of nitrogens with one attached hydrogen (secondary N) is 2. The summed E-state index contributed by atoms with van der Waals surface area (Å²) in [5.41, 5.74) is 0. The molecule has 0 fully saturated rings. The molecule has 1 aromatic heterocycles. The first kappa shape index (κ1) is 19.6. The number of guanidine groups is 1. The van der Waals surface area contributed by atoms with Crippen molar-refractivity contribution in [1.82, 2.24) is 20.4 Å².